The normalized spacial score (nSPS) is 10.4. The number of nitriles is 1. The highest BCUT2D eigenvalue weighted by atomic mass is 16.3. The van der Waals surface area contributed by atoms with Crippen LogP contribution in [0.25, 0.3) is 0 Å². The molecule has 0 aromatic heterocycles. The van der Waals surface area contributed by atoms with Crippen molar-refractivity contribution >= 4 is 0 Å². The largest absolute Gasteiger partial charge is 0.392 e. The van der Waals surface area contributed by atoms with E-state index < -0.39 is 0 Å². The van der Waals surface area contributed by atoms with Crippen molar-refractivity contribution in [2.24, 2.45) is 0 Å². The first-order chi connectivity index (χ1) is 8.69. The molecule has 1 aromatic rings. The number of hydrogen-bond acceptors (Lipinski definition) is 3. The molecule has 0 fully saturated rings. The summed E-state index contributed by atoms with van der Waals surface area (Å²) >= 11 is 0. The second kappa shape index (κ2) is 7.29. The van der Waals surface area contributed by atoms with E-state index in [-0.39, 0.29) is 13.2 Å². The third-order valence-electron chi connectivity index (χ3n) is 2.36. The first-order valence-corrected chi connectivity index (χ1v) is 5.58. The van der Waals surface area contributed by atoms with Crippen LogP contribution in [0.3, 0.4) is 0 Å². The minimum atomic E-state index is -0.196. The second-order valence-electron chi connectivity index (χ2n) is 3.94. The van der Waals surface area contributed by atoms with Crippen LogP contribution in [0.2, 0.25) is 0 Å². The number of allylic oxidation sites excluding steroid dienone is 1. The van der Waals surface area contributed by atoms with Crippen LogP contribution >= 0.6 is 0 Å². The maximum Gasteiger partial charge on any atom is 0.104 e. The van der Waals surface area contributed by atoms with Crippen molar-refractivity contribution in [3.8, 4) is 17.9 Å². The topological polar surface area (TPSA) is 64.2 Å². The molecule has 0 atom stereocenters. The molecule has 3 heteroatoms. The van der Waals surface area contributed by atoms with Crippen molar-refractivity contribution < 1.29 is 10.2 Å². The number of hydrogen-bond donors (Lipinski definition) is 2. The standard InChI is InChI=1S/C15H15NO2/c1-12-6-14(9-15(7-12)10-16)8-13(11-18)4-2-3-5-17/h4,6-7,9,17-18H,5,8,11H2,1H3/b13-4+. The third kappa shape index (κ3) is 4.43. The fraction of sp³-hybridized carbons (Fsp3) is 0.267. The zero-order valence-corrected chi connectivity index (χ0v) is 10.3. The van der Waals surface area contributed by atoms with Crippen LogP contribution in [0.4, 0.5) is 0 Å². The maximum atomic E-state index is 9.22. The summed E-state index contributed by atoms with van der Waals surface area (Å²) in [6.45, 7) is 1.65. The van der Waals surface area contributed by atoms with Gasteiger partial charge in [0.2, 0.25) is 0 Å². The lowest BCUT2D eigenvalue weighted by Gasteiger charge is -2.05. The molecule has 0 aliphatic carbocycles. The maximum absolute atomic E-state index is 9.22. The van der Waals surface area contributed by atoms with Gasteiger partial charge >= 0.3 is 0 Å². The first kappa shape index (κ1) is 14.0. The molecule has 92 valence electrons. The molecule has 18 heavy (non-hydrogen) atoms. The van der Waals surface area contributed by atoms with Crippen LogP contribution in [0.1, 0.15) is 16.7 Å². The fourth-order valence-corrected chi connectivity index (χ4v) is 1.64. The lowest BCUT2D eigenvalue weighted by Crippen LogP contribution is -1.97. The van der Waals surface area contributed by atoms with Gasteiger partial charge < -0.3 is 10.2 Å². The molecule has 0 bridgehead atoms. The second-order valence-corrected chi connectivity index (χ2v) is 3.94. The van der Waals surface area contributed by atoms with E-state index in [0.717, 1.165) is 16.7 Å². The van der Waals surface area contributed by atoms with E-state index in [9.17, 15) is 5.11 Å². The van der Waals surface area contributed by atoms with Crippen molar-refractivity contribution in [2.45, 2.75) is 13.3 Å². The Morgan fingerprint density at radius 2 is 2.11 bits per heavy atom. The first-order valence-electron chi connectivity index (χ1n) is 5.58. The molecule has 1 rings (SSSR count). The summed E-state index contributed by atoms with van der Waals surface area (Å²) in [6, 6.07) is 7.70. The van der Waals surface area contributed by atoms with Crippen molar-refractivity contribution in [2.75, 3.05) is 13.2 Å². The van der Waals surface area contributed by atoms with Gasteiger partial charge in [0.15, 0.2) is 0 Å². The molecule has 0 spiro atoms. The van der Waals surface area contributed by atoms with Gasteiger partial charge in [-0.2, -0.15) is 5.26 Å². The Balaban J connectivity index is 2.92. The Morgan fingerprint density at radius 1 is 1.33 bits per heavy atom. The summed E-state index contributed by atoms with van der Waals surface area (Å²) in [6.07, 6.45) is 2.15. The van der Waals surface area contributed by atoms with Crippen LogP contribution in [0.15, 0.2) is 29.8 Å². The SMILES string of the molecule is Cc1cc(C#N)cc(C/C(=C\C#CCO)CO)c1. The van der Waals surface area contributed by atoms with E-state index in [1.165, 1.54) is 0 Å². The average Bonchev–Trinajstić information content (AvgIpc) is 2.37. The van der Waals surface area contributed by atoms with Crippen LogP contribution in [0, 0.1) is 30.1 Å². The Kier molecular flexibility index (Phi) is 5.67. The summed E-state index contributed by atoms with van der Waals surface area (Å²) in [7, 11) is 0. The molecule has 0 unspecified atom stereocenters. The van der Waals surface area contributed by atoms with Crippen LogP contribution in [0.5, 0.6) is 0 Å². The Morgan fingerprint density at radius 3 is 2.72 bits per heavy atom. The summed E-state index contributed by atoms with van der Waals surface area (Å²) in [4.78, 5) is 0. The van der Waals surface area contributed by atoms with E-state index >= 15 is 0 Å². The van der Waals surface area contributed by atoms with E-state index in [0.29, 0.717) is 12.0 Å². The van der Waals surface area contributed by atoms with Crippen molar-refractivity contribution in [1.29, 1.82) is 5.26 Å². The van der Waals surface area contributed by atoms with E-state index in [1.807, 2.05) is 19.1 Å². The molecular weight excluding hydrogens is 226 g/mol. The predicted octanol–water partition coefficient (Wildman–Crippen LogP) is 1.32. The van der Waals surface area contributed by atoms with Crippen molar-refractivity contribution in [3.63, 3.8) is 0 Å². The van der Waals surface area contributed by atoms with Gasteiger partial charge in [-0.25, -0.2) is 0 Å². The lowest BCUT2D eigenvalue weighted by atomic mass is 10.0. The fourth-order valence-electron chi connectivity index (χ4n) is 1.64. The number of benzene rings is 1. The molecule has 0 saturated carbocycles. The van der Waals surface area contributed by atoms with Gasteiger partial charge in [0, 0.05) is 0 Å². The molecule has 0 saturated heterocycles. The van der Waals surface area contributed by atoms with Gasteiger partial charge in [0.05, 0.1) is 18.2 Å². The van der Waals surface area contributed by atoms with E-state index in [4.69, 9.17) is 10.4 Å². The summed E-state index contributed by atoms with van der Waals surface area (Å²) in [5.41, 5.74) is 3.36. The average molecular weight is 241 g/mol. The minimum Gasteiger partial charge on any atom is -0.392 e. The van der Waals surface area contributed by atoms with Gasteiger partial charge in [-0.15, -0.1) is 0 Å². The number of nitrogens with zero attached hydrogens (tertiary/aromatic N) is 1. The van der Waals surface area contributed by atoms with E-state index in [2.05, 4.69) is 17.9 Å². The number of aliphatic hydroxyl groups excluding tert-OH is 2. The van der Waals surface area contributed by atoms with Gasteiger partial charge in [0.25, 0.3) is 0 Å². The summed E-state index contributed by atoms with van der Waals surface area (Å²) < 4.78 is 0. The van der Waals surface area contributed by atoms with Gasteiger partial charge in [-0.1, -0.05) is 17.9 Å². The molecule has 0 aliphatic heterocycles. The summed E-state index contributed by atoms with van der Waals surface area (Å²) in [5.74, 6) is 5.16. The minimum absolute atomic E-state index is 0.0874. The Hall–Kier alpha value is -2.07. The van der Waals surface area contributed by atoms with Gasteiger partial charge in [-0.05, 0) is 48.3 Å². The molecule has 0 aliphatic rings. The zero-order chi connectivity index (χ0) is 13.4. The number of aryl methyl sites for hydroxylation is 1. The Bertz CT molecular complexity index is 542. The number of aliphatic hydroxyl groups is 2. The molecular formula is C15H15NO2. The Labute approximate surface area is 107 Å². The van der Waals surface area contributed by atoms with E-state index in [1.54, 1.807) is 12.1 Å². The predicted molar refractivity (Wildman–Crippen MR) is 69.6 cm³/mol. The smallest absolute Gasteiger partial charge is 0.104 e. The van der Waals surface area contributed by atoms with Crippen molar-refractivity contribution in [1.82, 2.24) is 0 Å². The highest BCUT2D eigenvalue weighted by Gasteiger charge is 2.01. The quantitative estimate of drug-likeness (QED) is 0.784. The monoisotopic (exact) mass is 241 g/mol. The lowest BCUT2D eigenvalue weighted by molar-refractivity contribution is 0.328. The molecule has 0 amide bonds. The third-order valence-corrected chi connectivity index (χ3v) is 2.36. The van der Waals surface area contributed by atoms with Crippen LogP contribution in [-0.4, -0.2) is 23.4 Å². The molecule has 3 nitrogen and oxygen atoms in total. The van der Waals surface area contributed by atoms with Crippen LogP contribution < -0.4 is 0 Å². The highest BCUT2D eigenvalue weighted by Crippen LogP contribution is 2.13. The van der Waals surface area contributed by atoms with Gasteiger partial charge in [-0.3, -0.25) is 0 Å². The molecule has 1 aromatic carbocycles. The van der Waals surface area contributed by atoms with Gasteiger partial charge in [0.1, 0.15) is 6.61 Å². The van der Waals surface area contributed by atoms with Crippen molar-refractivity contribution in [3.05, 3.63) is 46.5 Å². The highest BCUT2D eigenvalue weighted by molar-refractivity contribution is 5.39. The molecule has 0 radical (unpaired) electrons. The van der Waals surface area contributed by atoms with Crippen LogP contribution in [-0.2, 0) is 6.42 Å². The molecule has 2 N–H and O–H groups in total. The summed E-state index contributed by atoms with van der Waals surface area (Å²) in [5, 5.41) is 26.7. The number of rotatable bonds is 3. The molecule has 0 heterocycles. The zero-order valence-electron chi connectivity index (χ0n) is 10.3.